The number of carbonyl (C=O) groups is 1. The van der Waals surface area contributed by atoms with Crippen molar-refractivity contribution in [1.29, 1.82) is 0 Å². The number of hydrogen-bond acceptors (Lipinski definition) is 3. The topological polar surface area (TPSA) is 41.5 Å². The van der Waals surface area contributed by atoms with E-state index in [1.807, 2.05) is 0 Å². The molecule has 1 unspecified atom stereocenters. The molecule has 1 aliphatic rings. The van der Waals surface area contributed by atoms with Crippen LogP contribution in [0.3, 0.4) is 0 Å². The van der Waals surface area contributed by atoms with Gasteiger partial charge in [0.2, 0.25) is 0 Å². The standard InChI is InChI=1S/C17H12BrClF2N2O/c1-8-13(7-24)23-12-6-5-9(19)16(18)15(12)17(22-8)14-10(20)3-2-4-11(14)21/h2-8,13,23H,1H3/t8-,13?/m0/s1. The lowest BCUT2D eigenvalue weighted by atomic mass is 9.99. The molecule has 0 aliphatic carbocycles. The molecular weight excluding hydrogens is 402 g/mol. The summed E-state index contributed by atoms with van der Waals surface area (Å²) in [6.45, 7) is 1.70. The van der Waals surface area contributed by atoms with E-state index in [0.29, 0.717) is 20.7 Å². The van der Waals surface area contributed by atoms with Gasteiger partial charge in [0.1, 0.15) is 24.0 Å². The zero-order valence-corrected chi connectivity index (χ0v) is 14.8. The first-order valence-electron chi connectivity index (χ1n) is 7.16. The summed E-state index contributed by atoms with van der Waals surface area (Å²) in [6, 6.07) is 5.77. The van der Waals surface area contributed by atoms with Crippen LogP contribution in [0, 0.1) is 11.6 Å². The van der Waals surface area contributed by atoms with Crippen LogP contribution in [0.1, 0.15) is 18.1 Å². The van der Waals surface area contributed by atoms with E-state index in [2.05, 4.69) is 26.2 Å². The second-order valence-electron chi connectivity index (χ2n) is 5.41. The lowest BCUT2D eigenvalue weighted by Crippen LogP contribution is -2.31. The molecule has 124 valence electrons. The molecule has 0 saturated heterocycles. The number of halogens is 4. The largest absolute Gasteiger partial charge is 0.373 e. The Morgan fingerprint density at radius 3 is 2.50 bits per heavy atom. The molecule has 1 N–H and O–H groups in total. The van der Waals surface area contributed by atoms with Gasteiger partial charge in [-0.2, -0.15) is 0 Å². The van der Waals surface area contributed by atoms with Gasteiger partial charge in [-0.15, -0.1) is 0 Å². The molecule has 0 radical (unpaired) electrons. The van der Waals surface area contributed by atoms with Gasteiger partial charge in [-0.3, -0.25) is 4.99 Å². The maximum atomic E-state index is 14.3. The summed E-state index contributed by atoms with van der Waals surface area (Å²) in [7, 11) is 0. The van der Waals surface area contributed by atoms with Crippen LogP contribution in [-0.2, 0) is 4.79 Å². The highest BCUT2D eigenvalue weighted by atomic mass is 79.9. The summed E-state index contributed by atoms with van der Waals surface area (Å²) in [5, 5.41) is 3.42. The summed E-state index contributed by atoms with van der Waals surface area (Å²) in [5.41, 5.74) is 0.804. The molecule has 2 aromatic carbocycles. The number of rotatable bonds is 2. The van der Waals surface area contributed by atoms with Gasteiger partial charge < -0.3 is 10.1 Å². The number of aliphatic imine (C=N–C) groups is 1. The molecule has 0 saturated carbocycles. The molecule has 3 rings (SSSR count). The summed E-state index contributed by atoms with van der Waals surface area (Å²) in [6.07, 6.45) is 0.723. The lowest BCUT2D eigenvalue weighted by molar-refractivity contribution is -0.108. The SMILES string of the molecule is C[C@@H]1N=C(c2c(F)cccc2F)c2c(ccc(Cl)c2Br)NC1C=O. The van der Waals surface area contributed by atoms with Gasteiger partial charge in [0.15, 0.2) is 0 Å². The Morgan fingerprint density at radius 1 is 1.21 bits per heavy atom. The average Bonchev–Trinajstić information content (AvgIpc) is 2.68. The van der Waals surface area contributed by atoms with Gasteiger partial charge in [0.05, 0.1) is 22.3 Å². The zero-order chi connectivity index (χ0) is 17.4. The summed E-state index contributed by atoms with van der Waals surface area (Å²) in [4.78, 5) is 15.8. The number of anilines is 1. The Kier molecular flexibility index (Phi) is 4.69. The van der Waals surface area contributed by atoms with Gasteiger partial charge in [-0.05, 0) is 47.1 Å². The zero-order valence-electron chi connectivity index (χ0n) is 12.5. The van der Waals surface area contributed by atoms with E-state index in [4.69, 9.17) is 11.6 Å². The van der Waals surface area contributed by atoms with E-state index >= 15 is 0 Å². The second-order valence-corrected chi connectivity index (χ2v) is 6.61. The molecule has 0 aromatic heterocycles. The highest BCUT2D eigenvalue weighted by molar-refractivity contribution is 9.10. The molecule has 2 atom stereocenters. The molecule has 0 amide bonds. The number of carbonyl (C=O) groups excluding carboxylic acids is 1. The first-order valence-corrected chi connectivity index (χ1v) is 8.33. The Morgan fingerprint density at radius 2 is 1.88 bits per heavy atom. The molecule has 24 heavy (non-hydrogen) atoms. The normalized spacial score (nSPS) is 19.8. The molecule has 2 aromatic rings. The van der Waals surface area contributed by atoms with E-state index < -0.39 is 23.7 Å². The summed E-state index contributed by atoms with van der Waals surface area (Å²) >= 11 is 9.51. The number of nitrogens with one attached hydrogen (secondary N) is 1. The van der Waals surface area contributed by atoms with Crippen molar-refractivity contribution in [2.24, 2.45) is 4.99 Å². The first-order chi connectivity index (χ1) is 11.4. The average molecular weight is 414 g/mol. The van der Waals surface area contributed by atoms with Crippen molar-refractivity contribution in [3.05, 3.63) is 62.6 Å². The summed E-state index contributed by atoms with van der Waals surface area (Å²) in [5.74, 6) is -1.47. The number of aldehydes is 1. The third-order valence-electron chi connectivity index (χ3n) is 3.85. The van der Waals surface area contributed by atoms with Crippen molar-refractivity contribution in [3.8, 4) is 0 Å². The minimum atomic E-state index is -0.733. The van der Waals surface area contributed by atoms with Crippen LogP contribution < -0.4 is 5.32 Å². The fourth-order valence-corrected chi connectivity index (χ4v) is 3.30. The molecule has 0 spiro atoms. The number of benzodiazepines with no additional fused rings is 1. The highest BCUT2D eigenvalue weighted by Crippen LogP contribution is 2.37. The Bertz CT molecular complexity index is 836. The van der Waals surface area contributed by atoms with Crippen molar-refractivity contribution < 1.29 is 13.6 Å². The van der Waals surface area contributed by atoms with E-state index in [9.17, 15) is 13.6 Å². The molecule has 7 heteroatoms. The maximum absolute atomic E-state index is 14.3. The van der Waals surface area contributed by atoms with Gasteiger partial charge in [-0.1, -0.05) is 17.7 Å². The second kappa shape index (κ2) is 6.61. The van der Waals surface area contributed by atoms with Gasteiger partial charge >= 0.3 is 0 Å². The fraction of sp³-hybridized carbons (Fsp3) is 0.176. The predicted octanol–water partition coefficient (Wildman–Crippen LogP) is 4.60. The van der Waals surface area contributed by atoms with Crippen molar-refractivity contribution in [3.63, 3.8) is 0 Å². The van der Waals surface area contributed by atoms with Crippen molar-refractivity contribution in [2.75, 3.05) is 5.32 Å². The summed E-state index contributed by atoms with van der Waals surface area (Å²) < 4.78 is 29.1. The number of hydrogen-bond donors (Lipinski definition) is 1. The molecule has 0 bridgehead atoms. The van der Waals surface area contributed by atoms with Gasteiger partial charge in [-0.25, -0.2) is 8.78 Å². The van der Waals surface area contributed by atoms with Crippen LogP contribution in [0.15, 0.2) is 39.8 Å². The molecule has 0 fully saturated rings. The van der Waals surface area contributed by atoms with Crippen LogP contribution in [-0.4, -0.2) is 24.1 Å². The van der Waals surface area contributed by atoms with Crippen LogP contribution >= 0.6 is 27.5 Å². The van der Waals surface area contributed by atoms with Crippen molar-refractivity contribution in [2.45, 2.75) is 19.0 Å². The third-order valence-corrected chi connectivity index (χ3v) is 5.22. The number of fused-ring (bicyclic) bond motifs is 1. The van der Waals surface area contributed by atoms with E-state index in [-0.39, 0.29) is 11.3 Å². The maximum Gasteiger partial charge on any atom is 0.144 e. The number of benzene rings is 2. The highest BCUT2D eigenvalue weighted by Gasteiger charge is 2.29. The van der Waals surface area contributed by atoms with Gasteiger partial charge in [0.25, 0.3) is 0 Å². The molecule has 1 heterocycles. The van der Waals surface area contributed by atoms with Crippen LogP contribution in [0.5, 0.6) is 0 Å². The quantitative estimate of drug-likeness (QED) is 0.731. The molecule has 3 nitrogen and oxygen atoms in total. The Balaban J connectivity index is 2.36. The minimum absolute atomic E-state index is 0.110. The minimum Gasteiger partial charge on any atom is -0.373 e. The van der Waals surface area contributed by atoms with Crippen LogP contribution in [0.4, 0.5) is 14.5 Å². The lowest BCUT2D eigenvalue weighted by Gasteiger charge is -2.16. The van der Waals surface area contributed by atoms with Crippen LogP contribution in [0.2, 0.25) is 5.02 Å². The van der Waals surface area contributed by atoms with Crippen molar-refractivity contribution in [1.82, 2.24) is 0 Å². The van der Waals surface area contributed by atoms with Gasteiger partial charge in [0, 0.05) is 15.7 Å². The predicted molar refractivity (Wildman–Crippen MR) is 94.1 cm³/mol. The Labute approximate surface area is 150 Å². The van der Waals surface area contributed by atoms with Crippen molar-refractivity contribution >= 4 is 45.2 Å². The monoisotopic (exact) mass is 412 g/mol. The number of nitrogens with zero attached hydrogens (tertiary/aromatic N) is 1. The molecule has 1 aliphatic heterocycles. The van der Waals surface area contributed by atoms with E-state index in [1.54, 1.807) is 19.1 Å². The van der Waals surface area contributed by atoms with E-state index in [1.165, 1.54) is 18.2 Å². The first kappa shape index (κ1) is 17.0. The fourth-order valence-electron chi connectivity index (χ4n) is 2.61. The third kappa shape index (κ3) is 2.84. The molecular formula is C17H12BrClF2N2O. The Hall–Kier alpha value is -1.79. The smallest absolute Gasteiger partial charge is 0.144 e. The van der Waals surface area contributed by atoms with E-state index in [0.717, 1.165) is 6.29 Å². The van der Waals surface area contributed by atoms with Crippen LogP contribution in [0.25, 0.3) is 0 Å².